The minimum Gasteiger partial charge on any atom is -0.494 e. The minimum absolute atomic E-state index is 0.0267. The second kappa shape index (κ2) is 6.28. The molecule has 94 valence electrons. The zero-order chi connectivity index (χ0) is 12.8. The Morgan fingerprint density at radius 2 is 2.12 bits per heavy atom. The quantitative estimate of drug-likeness (QED) is 0.852. The lowest BCUT2D eigenvalue weighted by Crippen LogP contribution is -2.27. The average molecular weight is 235 g/mol. The van der Waals surface area contributed by atoms with E-state index in [-0.39, 0.29) is 11.8 Å². The number of rotatable bonds is 5. The van der Waals surface area contributed by atoms with Crippen molar-refractivity contribution in [2.45, 2.75) is 34.2 Å². The summed E-state index contributed by atoms with van der Waals surface area (Å²) in [5.41, 5.74) is 2.20. The van der Waals surface area contributed by atoms with Crippen molar-refractivity contribution < 1.29 is 9.53 Å². The maximum Gasteiger partial charge on any atom is 0.222 e. The van der Waals surface area contributed by atoms with Gasteiger partial charge in [-0.1, -0.05) is 26.0 Å². The van der Waals surface area contributed by atoms with Crippen LogP contribution in [0, 0.1) is 12.8 Å². The summed E-state index contributed by atoms with van der Waals surface area (Å²) in [6, 6.07) is 5.99. The molecule has 0 aliphatic rings. The Morgan fingerprint density at radius 1 is 1.41 bits per heavy atom. The molecule has 0 aromatic heterocycles. The van der Waals surface area contributed by atoms with Gasteiger partial charge in [0.2, 0.25) is 5.91 Å². The lowest BCUT2D eigenvalue weighted by Gasteiger charge is -2.11. The summed E-state index contributed by atoms with van der Waals surface area (Å²) < 4.78 is 5.47. The van der Waals surface area contributed by atoms with Crippen molar-refractivity contribution in [3.8, 4) is 5.75 Å². The average Bonchev–Trinajstić information content (AvgIpc) is 2.29. The molecule has 1 N–H and O–H groups in total. The van der Waals surface area contributed by atoms with Crippen molar-refractivity contribution in [3.05, 3.63) is 29.3 Å². The van der Waals surface area contributed by atoms with Crippen LogP contribution in [0.3, 0.4) is 0 Å². The number of ether oxygens (including phenoxy) is 1. The molecule has 0 radical (unpaired) electrons. The molecule has 1 aromatic carbocycles. The fraction of sp³-hybridized carbons (Fsp3) is 0.500. The van der Waals surface area contributed by atoms with Gasteiger partial charge in [0.25, 0.3) is 0 Å². The van der Waals surface area contributed by atoms with E-state index in [1.165, 1.54) is 0 Å². The van der Waals surface area contributed by atoms with Gasteiger partial charge in [0.1, 0.15) is 5.75 Å². The third-order valence-electron chi connectivity index (χ3n) is 2.53. The van der Waals surface area contributed by atoms with Gasteiger partial charge in [0.15, 0.2) is 0 Å². The second-order valence-corrected chi connectivity index (χ2v) is 4.41. The summed E-state index contributed by atoms with van der Waals surface area (Å²) in [6.45, 7) is 9.00. The molecular formula is C14H21NO2. The third kappa shape index (κ3) is 4.10. The van der Waals surface area contributed by atoms with Crippen molar-refractivity contribution in [1.29, 1.82) is 0 Å². The van der Waals surface area contributed by atoms with Crippen LogP contribution in [0.15, 0.2) is 18.2 Å². The number of carbonyl (C=O) groups is 1. The molecule has 0 saturated carbocycles. The Bertz CT molecular complexity index is 386. The molecule has 1 amide bonds. The molecule has 0 bridgehead atoms. The van der Waals surface area contributed by atoms with Crippen LogP contribution in [-0.2, 0) is 11.3 Å². The van der Waals surface area contributed by atoms with Gasteiger partial charge in [-0.15, -0.1) is 0 Å². The summed E-state index contributed by atoms with van der Waals surface area (Å²) in [5.74, 6) is 1.02. The van der Waals surface area contributed by atoms with Gasteiger partial charge in [-0.25, -0.2) is 0 Å². The maximum atomic E-state index is 11.4. The van der Waals surface area contributed by atoms with Crippen LogP contribution >= 0.6 is 0 Å². The van der Waals surface area contributed by atoms with E-state index < -0.39 is 0 Å². The number of amides is 1. The van der Waals surface area contributed by atoms with Crippen LogP contribution in [-0.4, -0.2) is 12.5 Å². The molecule has 0 atom stereocenters. The van der Waals surface area contributed by atoms with Gasteiger partial charge in [0, 0.05) is 12.5 Å². The number of nitrogens with one attached hydrogen (secondary N) is 1. The number of aryl methyl sites for hydroxylation is 1. The second-order valence-electron chi connectivity index (χ2n) is 4.41. The van der Waals surface area contributed by atoms with Gasteiger partial charge in [-0.05, 0) is 31.0 Å². The topological polar surface area (TPSA) is 38.3 Å². The Labute approximate surface area is 103 Å². The first-order valence-electron chi connectivity index (χ1n) is 6.04. The SMILES string of the molecule is CCOc1ccc(CNC(=O)C(C)C)cc1C. The largest absolute Gasteiger partial charge is 0.494 e. The van der Waals surface area contributed by atoms with Crippen LogP contribution < -0.4 is 10.1 Å². The fourth-order valence-electron chi connectivity index (χ4n) is 1.53. The predicted molar refractivity (Wildman–Crippen MR) is 69.0 cm³/mol. The summed E-state index contributed by atoms with van der Waals surface area (Å²) in [5, 5.41) is 2.90. The predicted octanol–water partition coefficient (Wildman–Crippen LogP) is 2.67. The van der Waals surface area contributed by atoms with Gasteiger partial charge in [-0.2, -0.15) is 0 Å². The van der Waals surface area contributed by atoms with E-state index in [0.717, 1.165) is 16.9 Å². The van der Waals surface area contributed by atoms with E-state index in [1.807, 2.05) is 45.9 Å². The summed E-state index contributed by atoms with van der Waals surface area (Å²) in [6.07, 6.45) is 0. The molecule has 0 saturated heterocycles. The van der Waals surface area contributed by atoms with Gasteiger partial charge < -0.3 is 10.1 Å². The zero-order valence-electron chi connectivity index (χ0n) is 11.0. The summed E-state index contributed by atoms with van der Waals surface area (Å²) in [4.78, 5) is 11.4. The molecule has 0 fully saturated rings. The van der Waals surface area contributed by atoms with Crippen LogP contribution in [0.4, 0.5) is 0 Å². The molecule has 1 aromatic rings. The standard InChI is InChI=1S/C14H21NO2/c1-5-17-13-7-6-12(8-11(13)4)9-15-14(16)10(2)3/h6-8,10H,5,9H2,1-4H3,(H,15,16). The lowest BCUT2D eigenvalue weighted by atomic mass is 10.1. The Balaban J connectivity index is 2.61. The molecule has 0 heterocycles. The van der Waals surface area contributed by atoms with Crippen LogP contribution in [0.5, 0.6) is 5.75 Å². The van der Waals surface area contributed by atoms with E-state index >= 15 is 0 Å². The normalized spacial score (nSPS) is 10.4. The number of benzene rings is 1. The summed E-state index contributed by atoms with van der Waals surface area (Å²) >= 11 is 0. The highest BCUT2D eigenvalue weighted by Gasteiger charge is 2.06. The molecule has 0 aliphatic heterocycles. The Hall–Kier alpha value is -1.51. The van der Waals surface area contributed by atoms with E-state index in [2.05, 4.69) is 5.32 Å². The van der Waals surface area contributed by atoms with E-state index in [9.17, 15) is 4.79 Å². The van der Waals surface area contributed by atoms with Crippen LogP contribution in [0.1, 0.15) is 31.9 Å². The van der Waals surface area contributed by atoms with Gasteiger partial charge in [0.05, 0.1) is 6.61 Å². The first-order chi connectivity index (χ1) is 8.04. The highest BCUT2D eigenvalue weighted by molar-refractivity contribution is 5.77. The Morgan fingerprint density at radius 3 is 2.65 bits per heavy atom. The zero-order valence-corrected chi connectivity index (χ0v) is 11.0. The smallest absolute Gasteiger partial charge is 0.222 e. The maximum absolute atomic E-state index is 11.4. The van der Waals surface area contributed by atoms with Gasteiger partial charge in [-0.3, -0.25) is 4.79 Å². The highest BCUT2D eigenvalue weighted by Crippen LogP contribution is 2.18. The van der Waals surface area contributed by atoms with E-state index in [4.69, 9.17) is 4.74 Å². The van der Waals surface area contributed by atoms with Crippen molar-refractivity contribution >= 4 is 5.91 Å². The molecule has 0 aliphatic carbocycles. The highest BCUT2D eigenvalue weighted by atomic mass is 16.5. The van der Waals surface area contributed by atoms with E-state index in [1.54, 1.807) is 0 Å². The van der Waals surface area contributed by atoms with Crippen molar-refractivity contribution in [1.82, 2.24) is 5.32 Å². The van der Waals surface area contributed by atoms with Crippen molar-refractivity contribution in [3.63, 3.8) is 0 Å². The first kappa shape index (κ1) is 13.6. The number of hydrogen-bond donors (Lipinski definition) is 1. The van der Waals surface area contributed by atoms with E-state index in [0.29, 0.717) is 13.2 Å². The lowest BCUT2D eigenvalue weighted by molar-refractivity contribution is -0.124. The molecular weight excluding hydrogens is 214 g/mol. The first-order valence-corrected chi connectivity index (χ1v) is 6.04. The van der Waals surface area contributed by atoms with Crippen LogP contribution in [0.25, 0.3) is 0 Å². The summed E-state index contributed by atoms with van der Waals surface area (Å²) in [7, 11) is 0. The van der Waals surface area contributed by atoms with Gasteiger partial charge >= 0.3 is 0 Å². The third-order valence-corrected chi connectivity index (χ3v) is 2.53. The molecule has 3 heteroatoms. The number of carbonyl (C=O) groups excluding carboxylic acids is 1. The Kier molecular flexibility index (Phi) is 5.01. The van der Waals surface area contributed by atoms with Crippen LogP contribution in [0.2, 0.25) is 0 Å². The fourth-order valence-corrected chi connectivity index (χ4v) is 1.53. The molecule has 17 heavy (non-hydrogen) atoms. The molecule has 0 spiro atoms. The monoisotopic (exact) mass is 235 g/mol. The van der Waals surface area contributed by atoms with Crippen molar-refractivity contribution in [2.24, 2.45) is 5.92 Å². The minimum atomic E-state index is 0.0267. The molecule has 1 rings (SSSR count). The molecule has 3 nitrogen and oxygen atoms in total. The molecule has 0 unspecified atom stereocenters. The number of hydrogen-bond acceptors (Lipinski definition) is 2. The van der Waals surface area contributed by atoms with Crippen molar-refractivity contribution in [2.75, 3.05) is 6.61 Å².